The number of thiazole rings is 1. The second-order valence-corrected chi connectivity index (χ2v) is 7.00. The second kappa shape index (κ2) is 7.57. The van der Waals surface area contributed by atoms with Crippen molar-refractivity contribution in [2.75, 3.05) is 5.32 Å². The summed E-state index contributed by atoms with van der Waals surface area (Å²) in [5.41, 5.74) is 3.54. The zero-order valence-electron chi connectivity index (χ0n) is 14.6. The molecule has 1 N–H and O–H groups in total. The predicted molar refractivity (Wildman–Crippen MR) is 103 cm³/mol. The maximum Gasteiger partial charge on any atom is 0.267 e. The lowest BCUT2D eigenvalue weighted by molar-refractivity contribution is 0.102. The number of pyridine rings is 1. The fourth-order valence-corrected chi connectivity index (χ4v) is 3.58. The summed E-state index contributed by atoms with van der Waals surface area (Å²) in [4.78, 5) is 22.2. The van der Waals surface area contributed by atoms with Gasteiger partial charge in [-0.3, -0.25) is 9.78 Å². The summed E-state index contributed by atoms with van der Waals surface area (Å²) in [5, 5.41) is 3.82. The first-order valence-corrected chi connectivity index (χ1v) is 9.21. The Kier molecular flexibility index (Phi) is 5.24. The summed E-state index contributed by atoms with van der Waals surface area (Å²) in [7, 11) is 0. The van der Waals surface area contributed by atoms with Gasteiger partial charge in [0.15, 0.2) is 0 Å². The van der Waals surface area contributed by atoms with E-state index in [4.69, 9.17) is 0 Å². The summed E-state index contributed by atoms with van der Waals surface area (Å²) in [5.74, 6) is 0.274. The van der Waals surface area contributed by atoms with Crippen molar-refractivity contribution in [2.45, 2.75) is 33.1 Å². The van der Waals surface area contributed by atoms with Crippen LogP contribution in [0.4, 0.5) is 5.69 Å². The van der Waals surface area contributed by atoms with Gasteiger partial charge in [-0.2, -0.15) is 0 Å². The number of para-hydroxylation sites is 1. The third-order valence-corrected chi connectivity index (χ3v) is 5.42. The fourth-order valence-electron chi connectivity index (χ4n) is 2.65. The molecule has 2 heterocycles. The van der Waals surface area contributed by atoms with E-state index in [1.54, 1.807) is 6.20 Å². The molecule has 4 nitrogen and oxygen atoms in total. The maximum absolute atomic E-state index is 12.8. The zero-order valence-corrected chi connectivity index (χ0v) is 15.4. The van der Waals surface area contributed by atoms with Gasteiger partial charge < -0.3 is 5.32 Å². The van der Waals surface area contributed by atoms with E-state index in [9.17, 15) is 4.79 Å². The summed E-state index contributed by atoms with van der Waals surface area (Å²) in [6.07, 6.45) is 2.75. The van der Waals surface area contributed by atoms with Gasteiger partial charge in [0.2, 0.25) is 0 Å². The van der Waals surface area contributed by atoms with Crippen LogP contribution in [0.5, 0.6) is 0 Å². The van der Waals surface area contributed by atoms with Crippen molar-refractivity contribution in [1.82, 2.24) is 9.97 Å². The largest absolute Gasteiger partial charge is 0.321 e. The lowest BCUT2D eigenvalue weighted by atomic mass is 9.97. The van der Waals surface area contributed by atoms with Crippen LogP contribution in [0.2, 0.25) is 0 Å². The highest BCUT2D eigenvalue weighted by Gasteiger charge is 2.18. The zero-order chi connectivity index (χ0) is 17.8. The van der Waals surface area contributed by atoms with Crippen molar-refractivity contribution in [3.8, 4) is 10.7 Å². The van der Waals surface area contributed by atoms with Gasteiger partial charge in [-0.05, 0) is 43.0 Å². The molecule has 0 saturated carbocycles. The van der Waals surface area contributed by atoms with E-state index in [1.165, 1.54) is 11.3 Å². The van der Waals surface area contributed by atoms with Crippen molar-refractivity contribution in [3.63, 3.8) is 0 Å². The van der Waals surface area contributed by atoms with Crippen LogP contribution in [0.25, 0.3) is 10.7 Å². The fraction of sp³-hybridized carbons (Fsp3) is 0.250. The van der Waals surface area contributed by atoms with Crippen LogP contribution in [0.15, 0.2) is 48.7 Å². The smallest absolute Gasteiger partial charge is 0.267 e. The lowest BCUT2D eigenvalue weighted by Gasteiger charge is -2.15. The molecule has 0 radical (unpaired) electrons. The minimum atomic E-state index is -0.118. The number of benzene rings is 1. The van der Waals surface area contributed by atoms with E-state index in [2.05, 4.69) is 35.2 Å². The number of carbonyl (C=O) groups is 1. The van der Waals surface area contributed by atoms with Gasteiger partial charge in [-0.1, -0.05) is 38.1 Å². The maximum atomic E-state index is 12.8. The number of carbonyl (C=O) groups excluding carboxylic acids is 1. The van der Waals surface area contributed by atoms with Crippen molar-refractivity contribution in [1.29, 1.82) is 0 Å². The molecule has 3 aromatic rings. The number of amides is 1. The Morgan fingerprint density at radius 3 is 2.68 bits per heavy atom. The SMILES string of the molecule is CCC(C)c1ccccc1NC(=O)c1sc(-c2ccccn2)nc1C. The molecule has 5 heteroatoms. The van der Waals surface area contributed by atoms with Crippen molar-refractivity contribution in [2.24, 2.45) is 0 Å². The molecule has 1 aromatic carbocycles. The molecule has 0 bridgehead atoms. The number of aromatic nitrogens is 2. The molecule has 0 fully saturated rings. The average molecular weight is 351 g/mol. The van der Waals surface area contributed by atoms with Gasteiger partial charge in [0.25, 0.3) is 5.91 Å². The predicted octanol–water partition coefficient (Wildman–Crippen LogP) is 5.28. The molecule has 2 aromatic heterocycles. The number of hydrogen-bond donors (Lipinski definition) is 1. The normalized spacial score (nSPS) is 12.0. The molecule has 0 aliphatic rings. The summed E-state index contributed by atoms with van der Waals surface area (Å²) in [6, 6.07) is 13.7. The van der Waals surface area contributed by atoms with Gasteiger partial charge in [-0.25, -0.2) is 4.98 Å². The average Bonchev–Trinajstić information content (AvgIpc) is 3.04. The van der Waals surface area contributed by atoms with E-state index in [1.807, 2.05) is 43.3 Å². The van der Waals surface area contributed by atoms with Crippen LogP contribution in [0.3, 0.4) is 0 Å². The summed E-state index contributed by atoms with van der Waals surface area (Å²) < 4.78 is 0. The first kappa shape index (κ1) is 17.3. The molecule has 1 amide bonds. The number of nitrogens with zero attached hydrogens (tertiary/aromatic N) is 2. The van der Waals surface area contributed by atoms with Crippen LogP contribution in [0, 0.1) is 6.92 Å². The van der Waals surface area contributed by atoms with Gasteiger partial charge >= 0.3 is 0 Å². The highest BCUT2D eigenvalue weighted by molar-refractivity contribution is 7.17. The topological polar surface area (TPSA) is 54.9 Å². The molecule has 0 saturated heterocycles. The first-order valence-electron chi connectivity index (χ1n) is 8.39. The van der Waals surface area contributed by atoms with E-state index in [-0.39, 0.29) is 5.91 Å². The van der Waals surface area contributed by atoms with Gasteiger partial charge in [0.05, 0.1) is 11.4 Å². The van der Waals surface area contributed by atoms with Crippen molar-refractivity contribution in [3.05, 3.63) is 64.8 Å². The Labute approximate surface area is 152 Å². The van der Waals surface area contributed by atoms with Crippen LogP contribution in [-0.2, 0) is 0 Å². The number of nitrogens with one attached hydrogen (secondary N) is 1. The minimum Gasteiger partial charge on any atom is -0.321 e. The summed E-state index contributed by atoms with van der Waals surface area (Å²) >= 11 is 1.37. The van der Waals surface area contributed by atoms with Gasteiger partial charge in [0, 0.05) is 11.9 Å². The molecular weight excluding hydrogens is 330 g/mol. The summed E-state index contributed by atoms with van der Waals surface area (Å²) in [6.45, 7) is 6.18. The van der Waals surface area contributed by atoms with Gasteiger partial charge in [0.1, 0.15) is 9.88 Å². The first-order chi connectivity index (χ1) is 12.1. The third-order valence-electron chi connectivity index (χ3n) is 4.24. The Bertz CT molecular complexity index is 874. The molecular formula is C20H21N3OS. The van der Waals surface area contributed by atoms with Crippen molar-refractivity contribution < 1.29 is 4.79 Å². The molecule has 0 aliphatic heterocycles. The van der Waals surface area contributed by atoms with Crippen LogP contribution in [0.1, 0.15) is 47.1 Å². The van der Waals surface area contributed by atoms with E-state index in [0.717, 1.165) is 34.1 Å². The van der Waals surface area contributed by atoms with E-state index < -0.39 is 0 Å². The monoisotopic (exact) mass is 351 g/mol. The molecule has 0 aliphatic carbocycles. The molecule has 1 atom stereocenters. The Balaban J connectivity index is 1.87. The Morgan fingerprint density at radius 2 is 1.96 bits per heavy atom. The van der Waals surface area contributed by atoms with Crippen LogP contribution in [-0.4, -0.2) is 15.9 Å². The number of hydrogen-bond acceptors (Lipinski definition) is 4. The lowest BCUT2D eigenvalue weighted by Crippen LogP contribution is -2.13. The molecule has 0 spiro atoms. The van der Waals surface area contributed by atoms with E-state index >= 15 is 0 Å². The number of rotatable bonds is 5. The molecule has 3 rings (SSSR count). The van der Waals surface area contributed by atoms with Crippen LogP contribution >= 0.6 is 11.3 Å². The number of anilines is 1. The van der Waals surface area contributed by atoms with E-state index in [0.29, 0.717) is 10.8 Å². The quantitative estimate of drug-likeness (QED) is 0.680. The molecule has 25 heavy (non-hydrogen) atoms. The highest BCUT2D eigenvalue weighted by atomic mass is 32.1. The minimum absolute atomic E-state index is 0.118. The van der Waals surface area contributed by atoms with Crippen LogP contribution < -0.4 is 5.32 Å². The standard InChI is InChI=1S/C20H21N3OS/c1-4-13(2)15-9-5-6-10-16(15)23-19(24)18-14(3)22-20(25-18)17-11-7-8-12-21-17/h5-13H,4H2,1-3H3,(H,23,24). The van der Waals surface area contributed by atoms with Gasteiger partial charge in [-0.15, -0.1) is 11.3 Å². The third kappa shape index (κ3) is 3.77. The van der Waals surface area contributed by atoms with Crippen molar-refractivity contribution >= 4 is 22.9 Å². The molecule has 1 unspecified atom stereocenters. The second-order valence-electron chi connectivity index (χ2n) is 6.00. The Morgan fingerprint density at radius 1 is 1.20 bits per heavy atom. The number of aryl methyl sites for hydroxylation is 1. The Hall–Kier alpha value is -2.53. The molecule has 128 valence electrons. The highest BCUT2D eigenvalue weighted by Crippen LogP contribution is 2.30.